The largest absolute Gasteiger partial charge is 0.416 e. The smallest absolute Gasteiger partial charge is 0.342 e. The molecule has 2 rings (SSSR count). The van der Waals surface area contributed by atoms with E-state index in [-0.39, 0.29) is 22.0 Å². The number of hydrogen-bond acceptors (Lipinski definition) is 3. The topological polar surface area (TPSA) is 67.2 Å². The molecule has 0 radical (unpaired) electrons. The molecule has 0 aliphatic heterocycles. The van der Waals surface area contributed by atoms with Crippen LogP contribution in [-0.2, 0) is 13.2 Å². The first-order valence-electron chi connectivity index (χ1n) is 7.51. The first-order chi connectivity index (χ1) is 12.0. The number of carbonyl (C=O) groups is 2. The molecule has 0 aliphatic rings. The van der Waals surface area contributed by atoms with Crippen molar-refractivity contribution in [1.29, 1.82) is 0 Å². The summed E-state index contributed by atoms with van der Waals surface area (Å²) in [7, 11) is 3.01. The van der Waals surface area contributed by atoms with Crippen LogP contribution in [0.2, 0.25) is 5.02 Å². The zero-order valence-electron chi connectivity index (χ0n) is 14.2. The maximum Gasteiger partial charge on any atom is 0.416 e. The molecular formula is C16H16ClF3N4O2. The number of rotatable bonds is 4. The fourth-order valence-electron chi connectivity index (χ4n) is 2.15. The molecule has 6 nitrogen and oxygen atoms in total. The van der Waals surface area contributed by atoms with Crippen LogP contribution in [0.4, 0.5) is 18.9 Å². The number of halogens is 4. The summed E-state index contributed by atoms with van der Waals surface area (Å²) in [6, 6.07) is 2.67. The molecule has 0 saturated heterocycles. The Labute approximate surface area is 152 Å². The Morgan fingerprint density at radius 2 is 1.96 bits per heavy atom. The second kappa shape index (κ2) is 7.36. The third kappa shape index (κ3) is 4.34. The first-order valence-corrected chi connectivity index (χ1v) is 7.89. The van der Waals surface area contributed by atoms with Gasteiger partial charge in [0.2, 0.25) is 0 Å². The van der Waals surface area contributed by atoms with E-state index < -0.39 is 23.6 Å². The normalized spacial score (nSPS) is 11.3. The van der Waals surface area contributed by atoms with E-state index in [0.717, 1.165) is 12.1 Å². The van der Waals surface area contributed by atoms with E-state index >= 15 is 0 Å². The van der Waals surface area contributed by atoms with Gasteiger partial charge in [-0.1, -0.05) is 11.6 Å². The van der Waals surface area contributed by atoms with Crippen molar-refractivity contribution in [2.75, 3.05) is 18.9 Å². The molecular weight excluding hydrogens is 373 g/mol. The van der Waals surface area contributed by atoms with Crippen LogP contribution in [-0.4, -0.2) is 40.1 Å². The molecule has 1 N–H and O–H groups in total. The van der Waals surface area contributed by atoms with E-state index in [1.54, 1.807) is 14.0 Å². The third-order valence-corrected chi connectivity index (χ3v) is 3.86. The van der Waals surface area contributed by atoms with Gasteiger partial charge in [-0.3, -0.25) is 14.3 Å². The van der Waals surface area contributed by atoms with Crippen molar-refractivity contribution in [3.8, 4) is 0 Å². The number of carbonyl (C=O) groups excluding carboxylic acids is 2. The lowest BCUT2D eigenvalue weighted by atomic mass is 10.1. The number of nitrogens with one attached hydrogen (secondary N) is 1. The molecule has 26 heavy (non-hydrogen) atoms. The second-order valence-electron chi connectivity index (χ2n) is 5.57. The van der Waals surface area contributed by atoms with Gasteiger partial charge in [0.15, 0.2) is 5.69 Å². The molecule has 0 saturated carbocycles. The van der Waals surface area contributed by atoms with E-state index in [4.69, 9.17) is 11.6 Å². The molecule has 0 fully saturated rings. The van der Waals surface area contributed by atoms with Crippen molar-refractivity contribution >= 4 is 29.1 Å². The number of aryl methyl sites for hydroxylation is 1. The Bertz CT molecular complexity index is 849. The van der Waals surface area contributed by atoms with Crippen LogP contribution in [0.1, 0.15) is 33.3 Å². The summed E-state index contributed by atoms with van der Waals surface area (Å²) in [5.74, 6) is -1.37. The van der Waals surface area contributed by atoms with Crippen molar-refractivity contribution < 1.29 is 22.8 Å². The van der Waals surface area contributed by atoms with Gasteiger partial charge in [0, 0.05) is 38.1 Å². The van der Waals surface area contributed by atoms with E-state index in [1.807, 2.05) is 0 Å². The molecule has 0 unspecified atom stereocenters. The number of amides is 2. The Hall–Kier alpha value is -2.55. The number of benzene rings is 1. The summed E-state index contributed by atoms with van der Waals surface area (Å²) in [6.07, 6.45) is -3.29. The summed E-state index contributed by atoms with van der Waals surface area (Å²) in [6.45, 7) is 2.01. The fourth-order valence-corrected chi connectivity index (χ4v) is 2.42. The maximum absolute atomic E-state index is 13.1. The lowest BCUT2D eigenvalue weighted by Gasteiger charge is -2.17. The highest BCUT2D eigenvalue weighted by atomic mass is 35.5. The van der Waals surface area contributed by atoms with Gasteiger partial charge in [0.1, 0.15) is 0 Å². The number of anilines is 1. The Kier molecular flexibility index (Phi) is 5.60. The molecule has 1 heterocycles. The summed E-state index contributed by atoms with van der Waals surface area (Å²) in [5.41, 5.74) is -1.55. The van der Waals surface area contributed by atoms with Crippen molar-refractivity contribution in [2.45, 2.75) is 13.1 Å². The summed E-state index contributed by atoms with van der Waals surface area (Å²) in [4.78, 5) is 25.7. The zero-order chi connectivity index (χ0) is 19.6. The van der Waals surface area contributed by atoms with E-state index in [9.17, 15) is 22.8 Å². The van der Waals surface area contributed by atoms with Gasteiger partial charge in [-0.2, -0.15) is 18.3 Å². The van der Waals surface area contributed by atoms with Gasteiger partial charge in [-0.25, -0.2) is 0 Å². The number of hydrogen-bond donors (Lipinski definition) is 1. The van der Waals surface area contributed by atoms with Crippen molar-refractivity contribution in [1.82, 2.24) is 14.7 Å². The van der Waals surface area contributed by atoms with Gasteiger partial charge >= 0.3 is 6.18 Å². The molecule has 2 aromatic rings. The van der Waals surface area contributed by atoms with Crippen LogP contribution in [0, 0.1) is 0 Å². The Morgan fingerprint density at radius 1 is 1.31 bits per heavy atom. The highest BCUT2D eigenvalue weighted by Gasteiger charge is 2.32. The lowest BCUT2D eigenvalue weighted by Crippen LogP contribution is -2.27. The van der Waals surface area contributed by atoms with Gasteiger partial charge in [0.25, 0.3) is 11.8 Å². The van der Waals surface area contributed by atoms with Gasteiger partial charge in [0.05, 0.1) is 10.6 Å². The standard InChI is InChI=1S/C16H16ClF3N4O2/c1-4-23(2)15(26)9-5-10(16(18,19)20)7-11(6-9)21-14(25)13-12(17)8-24(3)22-13/h5-8H,4H2,1-3H3,(H,21,25). The minimum atomic E-state index is -4.68. The molecule has 0 spiro atoms. The van der Waals surface area contributed by atoms with E-state index in [0.29, 0.717) is 6.54 Å². The van der Waals surface area contributed by atoms with Crippen LogP contribution < -0.4 is 5.32 Å². The summed E-state index contributed by atoms with van der Waals surface area (Å²) >= 11 is 5.87. The Morgan fingerprint density at radius 3 is 2.46 bits per heavy atom. The van der Waals surface area contributed by atoms with Crippen molar-refractivity contribution in [3.63, 3.8) is 0 Å². The van der Waals surface area contributed by atoms with Crippen LogP contribution in [0.3, 0.4) is 0 Å². The van der Waals surface area contributed by atoms with Crippen LogP contribution in [0.15, 0.2) is 24.4 Å². The van der Waals surface area contributed by atoms with Crippen LogP contribution >= 0.6 is 11.6 Å². The summed E-state index contributed by atoms with van der Waals surface area (Å²) < 4.78 is 40.7. The lowest BCUT2D eigenvalue weighted by molar-refractivity contribution is -0.137. The molecule has 1 aromatic carbocycles. The molecule has 10 heteroatoms. The SMILES string of the molecule is CCN(C)C(=O)c1cc(NC(=O)c2nn(C)cc2Cl)cc(C(F)(F)F)c1. The molecule has 0 aliphatic carbocycles. The number of aromatic nitrogens is 2. The predicted octanol–water partition coefficient (Wildman–Crippen LogP) is 3.44. The highest BCUT2D eigenvalue weighted by Crippen LogP contribution is 2.32. The molecule has 140 valence electrons. The van der Waals surface area contributed by atoms with E-state index in [2.05, 4.69) is 10.4 Å². The molecule has 2 amide bonds. The monoisotopic (exact) mass is 388 g/mol. The average Bonchev–Trinajstić information content (AvgIpc) is 2.90. The highest BCUT2D eigenvalue weighted by molar-refractivity contribution is 6.34. The number of nitrogens with zero attached hydrogens (tertiary/aromatic N) is 3. The van der Waals surface area contributed by atoms with Gasteiger partial charge in [-0.15, -0.1) is 0 Å². The average molecular weight is 389 g/mol. The summed E-state index contributed by atoms with van der Waals surface area (Å²) in [5, 5.41) is 6.21. The Balaban J connectivity index is 2.42. The third-order valence-electron chi connectivity index (χ3n) is 3.59. The zero-order valence-corrected chi connectivity index (χ0v) is 14.9. The molecule has 1 aromatic heterocycles. The van der Waals surface area contributed by atoms with Gasteiger partial charge in [-0.05, 0) is 25.1 Å². The van der Waals surface area contributed by atoms with Crippen molar-refractivity contribution in [2.24, 2.45) is 7.05 Å². The first kappa shape index (κ1) is 19.8. The quantitative estimate of drug-likeness (QED) is 0.872. The molecule has 0 bridgehead atoms. The minimum Gasteiger partial charge on any atom is -0.342 e. The fraction of sp³-hybridized carbons (Fsp3) is 0.312. The maximum atomic E-state index is 13.1. The number of alkyl halides is 3. The second-order valence-corrected chi connectivity index (χ2v) is 5.98. The molecule has 0 atom stereocenters. The van der Waals surface area contributed by atoms with Gasteiger partial charge < -0.3 is 10.2 Å². The van der Waals surface area contributed by atoms with Crippen molar-refractivity contribution in [3.05, 3.63) is 46.2 Å². The van der Waals surface area contributed by atoms with E-state index in [1.165, 1.54) is 28.9 Å². The van der Waals surface area contributed by atoms with Crippen LogP contribution in [0.5, 0.6) is 0 Å². The van der Waals surface area contributed by atoms with Crippen LogP contribution in [0.25, 0.3) is 0 Å². The minimum absolute atomic E-state index is 0.0546. The predicted molar refractivity (Wildman–Crippen MR) is 90.2 cm³/mol.